The van der Waals surface area contributed by atoms with Crippen LogP contribution in [0.1, 0.15) is 18.5 Å². The van der Waals surface area contributed by atoms with E-state index in [-0.39, 0.29) is 11.9 Å². The Morgan fingerprint density at radius 1 is 0.897 bits per heavy atom. The molecule has 0 fully saturated rings. The predicted molar refractivity (Wildman–Crippen MR) is 112 cm³/mol. The third-order valence-corrected chi connectivity index (χ3v) is 5.02. The molecule has 0 aliphatic carbocycles. The Morgan fingerprint density at radius 2 is 1.62 bits per heavy atom. The standard InChI is InChI=1S/C23H18FN5/c1-15(16-7-3-2-4-8-16)25-22-19-9-5-6-10-20(19)29-23(26-22)21(27-28-29)17-11-13-18(24)14-12-17/h2-15H,1H3,(H,25,26)/t15-/m0/s1. The van der Waals surface area contributed by atoms with Gasteiger partial charge in [-0.2, -0.15) is 4.52 Å². The Balaban J connectivity index is 1.68. The molecule has 2 heterocycles. The Labute approximate surface area is 166 Å². The van der Waals surface area contributed by atoms with E-state index in [0.29, 0.717) is 11.3 Å². The van der Waals surface area contributed by atoms with E-state index in [2.05, 4.69) is 34.7 Å². The maximum Gasteiger partial charge on any atom is 0.186 e. The summed E-state index contributed by atoms with van der Waals surface area (Å²) in [4.78, 5) is 4.86. The first kappa shape index (κ1) is 17.3. The number of nitrogens with one attached hydrogen (secondary N) is 1. The zero-order chi connectivity index (χ0) is 19.8. The van der Waals surface area contributed by atoms with Crippen molar-refractivity contribution in [3.8, 4) is 11.3 Å². The summed E-state index contributed by atoms with van der Waals surface area (Å²) in [6.45, 7) is 2.10. The van der Waals surface area contributed by atoms with E-state index >= 15 is 0 Å². The van der Waals surface area contributed by atoms with E-state index in [1.54, 1.807) is 16.6 Å². The van der Waals surface area contributed by atoms with E-state index in [0.717, 1.165) is 22.3 Å². The van der Waals surface area contributed by atoms with Crippen molar-refractivity contribution < 1.29 is 4.39 Å². The van der Waals surface area contributed by atoms with Gasteiger partial charge < -0.3 is 5.32 Å². The summed E-state index contributed by atoms with van der Waals surface area (Å²) in [5.74, 6) is 0.470. The van der Waals surface area contributed by atoms with Gasteiger partial charge in [-0.3, -0.25) is 0 Å². The molecule has 3 aromatic carbocycles. The molecular formula is C23H18FN5. The second-order valence-electron chi connectivity index (χ2n) is 6.93. The number of hydrogen-bond acceptors (Lipinski definition) is 4. The van der Waals surface area contributed by atoms with Crippen LogP contribution < -0.4 is 5.32 Å². The van der Waals surface area contributed by atoms with Crippen LogP contribution in [0.4, 0.5) is 10.2 Å². The number of fused-ring (bicyclic) bond motifs is 3. The fourth-order valence-corrected chi connectivity index (χ4v) is 3.50. The number of halogens is 1. The molecule has 0 amide bonds. The number of anilines is 1. The van der Waals surface area contributed by atoms with E-state index < -0.39 is 0 Å². The minimum absolute atomic E-state index is 0.0692. The van der Waals surface area contributed by atoms with Crippen molar-refractivity contribution in [2.75, 3.05) is 5.32 Å². The van der Waals surface area contributed by atoms with E-state index in [1.165, 1.54) is 17.7 Å². The van der Waals surface area contributed by atoms with Gasteiger partial charge in [0, 0.05) is 17.0 Å². The normalized spacial score (nSPS) is 12.3. The van der Waals surface area contributed by atoms with Crippen LogP contribution in [-0.4, -0.2) is 19.8 Å². The highest BCUT2D eigenvalue weighted by Crippen LogP contribution is 2.30. The number of para-hydroxylation sites is 1. The molecular weight excluding hydrogens is 365 g/mol. The van der Waals surface area contributed by atoms with E-state index in [9.17, 15) is 4.39 Å². The van der Waals surface area contributed by atoms with Crippen LogP contribution in [0.2, 0.25) is 0 Å². The third-order valence-electron chi connectivity index (χ3n) is 5.02. The van der Waals surface area contributed by atoms with Crippen LogP contribution in [0.15, 0.2) is 78.9 Å². The van der Waals surface area contributed by atoms with Crippen molar-refractivity contribution in [1.29, 1.82) is 0 Å². The molecule has 0 radical (unpaired) electrons. The summed E-state index contributed by atoms with van der Waals surface area (Å²) in [5, 5.41) is 13.1. The number of benzene rings is 3. The molecule has 2 aromatic heterocycles. The molecule has 0 saturated heterocycles. The molecule has 1 atom stereocenters. The van der Waals surface area contributed by atoms with E-state index in [4.69, 9.17) is 4.98 Å². The van der Waals surface area contributed by atoms with Crippen LogP contribution in [-0.2, 0) is 0 Å². The molecule has 0 aliphatic heterocycles. The zero-order valence-electron chi connectivity index (χ0n) is 15.7. The number of aromatic nitrogens is 4. The smallest absolute Gasteiger partial charge is 0.186 e. The van der Waals surface area contributed by atoms with E-state index in [1.807, 2.05) is 42.5 Å². The summed E-state index contributed by atoms with van der Waals surface area (Å²) in [6, 6.07) is 24.5. The van der Waals surface area contributed by atoms with Crippen LogP contribution in [0.3, 0.4) is 0 Å². The van der Waals surface area contributed by atoms with Crippen molar-refractivity contribution in [1.82, 2.24) is 19.8 Å². The lowest BCUT2D eigenvalue weighted by Crippen LogP contribution is -2.09. The van der Waals surface area contributed by atoms with Gasteiger partial charge >= 0.3 is 0 Å². The van der Waals surface area contributed by atoms with Gasteiger partial charge in [0.1, 0.15) is 17.3 Å². The third kappa shape index (κ3) is 3.08. The van der Waals surface area contributed by atoms with Crippen LogP contribution >= 0.6 is 0 Å². The maximum atomic E-state index is 13.4. The number of rotatable bonds is 4. The van der Waals surface area contributed by atoms with Crippen LogP contribution in [0.25, 0.3) is 27.8 Å². The molecule has 29 heavy (non-hydrogen) atoms. The quantitative estimate of drug-likeness (QED) is 0.460. The highest BCUT2D eigenvalue weighted by atomic mass is 19.1. The Morgan fingerprint density at radius 3 is 2.41 bits per heavy atom. The Hall–Kier alpha value is -3.80. The van der Waals surface area contributed by atoms with Crippen LogP contribution in [0.5, 0.6) is 0 Å². The maximum absolute atomic E-state index is 13.4. The molecule has 1 N–H and O–H groups in total. The van der Waals surface area contributed by atoms with Gasteiger partial charge in [0.2, 0.25) is 0 Å². The lowest BCUT2D eigenvalue weighted by atomic mass is 10.1. The van der Waals surface area contributed by atoms with Gasteiger partial charge in [-0.05, 0) is 48.9 Å². The van der Waals surface area contributed by atoms with Gasteiger partial charge in [0.15, 0.2) is 5.65 Å². The molecule has 0 aliphatic rings. The van der Waals surface area contributed by atoms with Crippen molar-refractivity contribution in [3.63, 3.8) is 0 Å². The highest BCUT2D eigenvalue weighted by molar-refractivity contribution is 5.93. The fourth-order valence-electron chi connectivity index (χ4n) is 3.50. The lowest BCUT2D eigenvalue weighted by molar-refractivity contribution is 0.628. The van der Waals surface area contributed by atoms with Crippen LogP contribution in [0, 0.1) is 5.82 Å². The Kier molecular flexibility index (Phi) is 4.17. The van der Waals surface area contributed by atoms with Gasteiger partial charge in [0.05, 0.1) is 5.52 Å². The van der Waals surface area contributed by atoms with Crippen molar-refractivity contribution in [2.45, 2.75) is 13.0 Å². The molecule has 0 bridgehead atoms. The average molecular weight is 383 g/mol. The highest BCUT2D eigenvalue weighted by Gasteiger charge is 2.17. The minimum Gasteiger partial charge on any atom is -0.363 e. The predicted octanol–water partition coefficient (Wildman–Crippen LogP) is 5.26. The largest absolute Gasteiger partial charge is 0.363 e. The zero-order valence-corrected chi connectivity index (χ0v) is 15.7. The summed E-state index contributed by atoms with van der Waals surface area (Å²) in [7, 11) is 0. The monoisotopic (exact) mass is 383 g/mol. The molecule has 0 saturated carbocycles. The van der Waals surface area contributed by atoms with Gasteiger partial charge in [-0.15, -0.1) is 5.10 Å². The molecule has 5 nitrogen and oxygen atoms in total. The van der Waals surface area contributed by atoms with Crippen molar-refractivity contribution >= 4 is 22.4 Å². The first-order chi connectivity index (χ1) is 14.2. The second-order valence-corrected chi connectivity index (χ2v) is 6.93. The number of hydrogen-bond donors (Lipinski definition) is 1. The average Bonchev–Trinajstić information content (AvgIpc) is 3.19. The molecule has 0 spiro atoms. The van der Waals surface area contributed by atoms with Gasteiger partial charge in [0.25, 0.3) is 0 Å². The van der Waals surface area contributed by atoms with Crippen molar-refractivity contribution in [2.24, 2.45) is 0 Å². The molecule has 5 rings (SSSR count). The fraction of sp³-hybridized carbons (Fsp3) is 0.0870. The van der Waals surface area contributed by atoms with Gasteiger partial charge in [-0.1, -0.05) is 47.7 Å². The summed E-state index contributed by atoms with van der Waals surface area (Å²) in [6.07, 6.45) is 0. The summed E-state index contributed by atoms with van der Waals surface area (Å²) >= 11 is 0. The number of nitrogens with zero attached hydrogens (tertiary/aromatic N) is 4. The Bertz CT molecular complexity index is 1300. The lowest BCUT2D eigenvalue weighted by Gasteiger charge is -2.17. The molecule has 5 aromatic rings. The molecule has 6 heteroatoms. The van der Waals surface area contributed by atoms with Crippen molar-refractivity contribution in [3.05, 3.63) is 90.2 Å². The first-order valence-corrected chi connectivity index (χ1v) is 9.42. The minimum atomic E-state index is -0.289. The molecule has 0 unspecified atom stereocenters. The summed E-state index contributed by atoms with van der Waals surface area (Å²) < 4.78 is 15.1. The molecule has 142 valence electrons. The second kappa shape index (κ2) is 6.98. The first-order valence-electron chi connectivity index (χ1n) is 9.42. The SMILES string of the molecule is C[C@H](Nc1nc2c(-c3ccc(F)cc3)nnn2c2ccccc12)c1ccccc1. The van der Waals surface area contributed by atoms with Gasteiger partial charge in [-0.25, -0.2) is 9.37 Å². The summed E-state index contributed by atoms with van der Waals surface area (Å²) in [5.41, 5.74) is 4.08. The topological polar surface area (TPSA) is 55.1 Å².